The van der Waals surface area contributed by atoms with Crippen LogP contribution in [-0.4, -0.2) is 98.1 Å². The van der Waals surface area contributed by atoms with Crippen LogP contribution >= 0.6 is 0 Å². The van der Waals surface area contributed by atoms with Crippen LogP contribution < -0.4 is 15.4 Å². The maximum Gasteiger partial charge on any atom is 0.407 e. The van der Waals surface area contributed by atoms with Gasteiger partial charge in [-0.1, -0.05) is 70.2 Å². The van der Waals surface area contributed by atoms with Crippen molar-refractivity contribution in [1.29, 1.82) is 0 Å². The van der Waals surface area contributed by atoms with E-state index in [0.717, 1.165) is 81.5 Å². The number of fused-ring (bicyclic) bond motifs is 5. The van der Waals surface area contributed by atoms with Crippen molar-refractivity contribution >= 4 is 34.9 Å². The zero-order chi connectivity index (χ0) is 45.5. The zero-order valence-electron chi connectivity index (χ0n) is 37.4. The molecule has 9 rings (SSSR count). The highest BCUT2D eigenvalue weighted by atomic mass is 16.5. The number of nitrogens with zero attached hydrogens (tertiary/aromatic N) is 4. The first kappa shape index (κ1) is 43.2. The summed E-state index contributed by atoms with van der Waals surface area (Å²) in [7, 11) is 2.58. The molecule has 5 N–H and O–H groups in total. The van der Waals surface area contributed by atoms with Crippen molar-refractivity contribution < 1.29 is 33.4 Å². The number of hydrogen-bond acceptors (Lipinski definition) is 9. The van der Waals surface area contributed by atoms with Gasteiger partial charge in [-0.25, -0.2) is 19.6 Å². The van der Waals surface area contributed by atoms with Crippen LogP contribution in [0.5, 0.6) is 5.75 Å². The van der Waals surface area contributed by atoms with Crippen LogP contribution in [0.15, 0.2) is 79.1 Å². The molecule has 16 heteroatoms. The van der Waals surface area contributed by atoms with Crippen LogP contribution in [0.1, 0.15) is 94.3 Å². The Morgan fingerprint density at radius 2 is 1.25 bits per heavy atom. The van der Waals surface area contributed by atoms with Crippen molar-refractivity contribution in [2.24, 2.45) is 11.8 Å². The number of rotatable bonds is 11. The molecule has 65 heavy (non-hydrogen) atoms. The molecule has 3 aromatic heterocycles. The molecule has 5 unspecified atom stereocenters. The fourth-order valence-corrected chi connectivity index (χ4v) is 9.60. The molecule has 0 saturated carbocycles. The molecule has 3 aromatic carbocycles. The van der Waals surface area contributed by atoms with Crippen LogP contribution in [-0.2, 0) is 19.1 Å². The maximum absolute atomic E-state index is 13.8. The molecule has 338 valence electrons. The van der Waals surface area contributed by atoms with Gasteiger partial charge in [0, 0.05) is 46.2 Å². The lowest BCUT2D eigenvalue weighted by molar-refractivity contribution is -0.136. The van der Waals surface area contributed by atoms with Gasteiger partial charge in [-0.15, -0.1) is 0 Å². The number of aromatic amines is 3. The van der Waals surface area contributed by atoms with Crippen LogP contribution in [0.25, 0.3) is 44.7 Å². The second kappa shape index (κ2) is 17.8. The number of ether oxygens (including phenoxy) is 3. The lowest BCUT2D eigenvalue weighted by Crippen LogP contribution is -2.51. The van der Waals surface area contributed by atoms with E-state index in [1.165, 1.54) is 14.2 Å². The molecule has 0 radical (unpaired) electrons. The maximum atomic E-state index is 13.8. The smallest absolute Gasteiger partial charge is 0.407 e. The average molecular weight is 882 g/mol. The van der Waals surface area contributed by atoms with Gasteiger partial charge in [0.1, 0.15) is 29.5 Å². The van der Waals surface area contributed by atoms with Crippen molar-refractivity contribution in [3.05, 3.63) is 102 Å². The highest BCUT2D eigenvalue weighted by molar-refractivity contribution is 5.96. The summed E-state index contributed by atoms with van der Waals surface area (Å²) in [4.78, 5) is 75.7. The first-order valence-electron chi connectivity index (χ1n) is 22.4. The van der Waals surface area contributed by atoms with E-state index in [0.29, 0.717) is 30.5 Å². The fourth-order valence-electron chi connectivity index (χ4n) is 9.60. The molecule has 3 aliphatic heterocycles. The quantitative estimate of drug-likeness (QED) is 0.0851. The van der Waals surface area contributed by atoms with Crippen LogP contribution in [0.3, 0.4) is 0 Å². The molecular weight excluding hydrogens is 827 g/mol. The number of amides is 4. The monoisotopic (exact) mass is 881 g/mol. The van der Waals surface area contributed by atoms with E-state index < -0.39 is 30.4 Å². The van der Waals surface area contributed by atoms with E-state index in [-0.39, 0.29) is 35.7 Å². The summed E-state index contributed by atoms with van der Waals surface area (Å²) in [5.41, 5.74) is 8.32. The van der Waals surface area contributed by atoms with Gasteiger partial charge in [-0.05, 0) is 67.3 Å². The van der Waals surface area contributed by atoms with E-state index in [4.69, 9.17) is 24.2 Å². The highest BCUT2D eigenvalue weighted by Crippen LogP contribution is 2.49. The van der Waals surface area contributed by atoms with Crippen molar-refractivity contribution in [2.75, 3.05) is 27.3 Å². The number of aromatic nitrogens is 5. The Balaban J connectivity index is 1.01. The number of nitrogens with one attached hydrogen (secondary N) is 5. The normalized spacial score (nSPS) is 18.9. The van der Waals surface area contributed by atoms with Gasteiger partial charge >= 0.3 is 12.2 Å². The Labute approximate surface area is 376 Å². The van der Waals surface area contributed by atoms with Gasteiger partial charge in [0.2, 0.25) is 11.8 Å². The van der Waals surface area contributed by atoms with Crippen LogP contribution in [0.2, 0.25) is 0 Å². The fraction of sp³-hybridized carbons (Fsp3) is 0.388. The number of carbonyl (C=O) groups is 4. The lowest BCUT2D eigenvalue weighted by atomic mass is 9.91. The van der Waals surface area contributed by atoms with E-state index in [1.807, 2.05) is 69.1 Å². The summed E-state index contributed by atoms with van der Waals surface area (Å²) < 4.78 is 16.6. The molecule has 2 saturated heterocycles. The summed E-state index contributed by atoms with van der Waals surface area (Å²) >= 11 is 0. The van der Waals surface area contributed by atoms with Gasteiger partial charge < -0.3 is 49.6 Å². The van der Waals surface area contributed by atoms with Crippen molar-refractivity contribution in [1.82, 2.24) is 45.4 Å². The molecule has 16 nitrogen and oxygen atoms in total. The molecule has 0 aliphatic carbocycles. The largest absolute Gasteiger partial charge is 0.480 e. The molecule has 0 spiro atoms. The second-order valence-corrected chi connectivity index (χ2v) is 17.8. The first-order chi connectivity index (χ1) is 31.4. The number of methoxy groups -OCH3 is 2. The summed E-state index contributed by atoms with van der Waals surface area (Å²) in [6, 6.07) is 20.7. The molecule has 2 fully saturated rings. The minimum atomic E-state index is -0.721. The number of benzene rings is 3. The number of hydrogen-bond donors (Lipinski definition) is 5. The predicted molar refractivity (Wildman–Crippen MR) is 244 cm³/mol. The second-order valence-electron chi connectivity index (χ2n) is 17.8. The zero-order valence-corrected chi connectivity index (χ0v) is 37.4. The Morgan fingerprint density at radius 1 is 0.708 bits per heavy atom. The minimum absolute atomic E-state index is 0.132. The Kier molecular flexibility index (Phi) is 11.8. The molecule has 3 aliphatic rings. The van der Waals surface area contributed by atoms with Crippen molar-refractivity contribution in [3.63, 3.8) is 0 Å². The summed E-state index contributed by atoms with van der Waals surface area (Å²) in [6.45, 7) is 8.74. The van der Waals surface area contributed by atoms with E-state index >= 15 is 0 Å². The van der Waals surface area contributed by atoms with Gasteiger partial charge in [0.25, 0.3) is 0 Å². The van der Waals surface area contributed by atoms with E-state index in [2.05, 4.69) is 62.0 Å². The predicted octanol–water partition coefficient (Wildman–Crippen LogP) is 8.19. The molecular formula is C49H55N9O7. The summed E-state index contributed by atoms with van der Waals surface area (Å²) in [6.07, 6.45) is 5.06. The van der Waals surface area contributed by atoms with Crippen LogP contribution in [0.4, 0.5) is 9.59 Å². The van der Waals surface area contributed by atoms with Crippen molar-refractivity contribution in [3.8, 4) is 39.5 Å². The summed E-state index contributed by atoms with van der Waals surface area (Å²) in [5.74, 6) is 1.52. The number of alkyl carbamates (subject to hydrolysis) is 2. The minimum Gasteiger partial charge on any atom is -0.480 e. The number of carbonyl (C=O) groups excluding carboxylic acids is 4. The van der Waals surface area contributed by atoms with Gasteiger partial charge in [0.05, 0.1) is 55.8 Å². The van der Waals surface area contributed by atoms with Gasteiger partial charge in [-0.2, -0.15) is 0 Å². The highest BCUT2D eigenvalue weighted by Gasteiger charge is 2.39. The van der Waals surface area contributed by atoms with Crippen LogP contribution in [0, 0.1) is 11.8 Å². The van der Waals surface area contributed by atoms with Crippen molar-refractivity contribution in [2.45, 2.75) is 83.6 Å². The standard InChI is InChI=1S/C49H55N9O7/c1-26(2)40(55-48(61)63-5)46(59)57-20-10-14-36(57)44-50-24-34(53-44)29-17-19-33-32(22-29)39-42(52-33)31-18-16-30(23-38(31)65-43(39)28-12-8-7-9-13-28)35-25-51-45(54-35)37-15-11-21-58(37)47(60)41(27(3)4)56-49(62)64-6/h7-9,12-13,16-19,22-27,36-37,40-41,43,52H,10-11,14-15,20-21H2,1-6H3,(H,50,53)(H,51,54)(H,55,61)(H,56,62). The SMILES string of the molecule is COC(=O)NC(C(=O)N1CCCC1c1ncc(-c2ccc3c(c2)OC(c2ccccc2)c2c-3[nH]c3ccc(-c4cnc(C5CCCN5C(=O)C(NC(=O)OC)C(C)C)[nH]4)cc23)[nH]1)C(C)C. The topological polar surface area (TPSA) is 200 Å². The third kappa shape index (κ3) is 8.17. The third-order valence-electron chi connectivity index (χ3n) is 13.0. The number of likely N-dealkylation sites (tertiary alicyclic amines) is 2. The molecule has 6 heterocycles. The van der Waals surface area contributed by atoms with E-state index in [9.17, 15) is 19.2 Å². The van der Waals surface area contributed by atoms with Gasteiger partial charge in [0.15, 0.2) is 6.10 Å². The first-order valence-corrected chi connectivity index (χ1v) is 22.4. The number of H-pyrrole nitrogens is 3. The molecule has 4 amide bonds. The average Bonchev–Trinajstić information content (AvgIpc) is 4.18. The Hall–Kier alpha value is -7.10. The lowest BCUT2D eigenvalue weighted by Gasteiger charge is -2.30. The molecule has 0 bridgehead atoms. The molecule has 5 atom stereocenters. The Bertz CT molecular complexity index is 2740. The van der Waals surface area contributed by atoms with Gasteiger partial charge in [-0.3, -0.25) is 9.59 Å². The summed E-state index contributed by atoms with van der Waals surface area (Å²) in [5, 5.41) is 6.45. The Morgan fingerprint density at radius 3 is 1.78 bits per heavy atom. The third-order valence-corrected chi connectivity index (χ3v) is 13.0. The number of imidazole rings is 2. The van der Waals surface area contributed by atoms with E-state index in [1.54, 1.807) is 11.1 Å². The molecule has 6 aromatic rings.